The molecule has 3 aromatic rings. The minimum Gasteiger partial charge on any atom is -0.508 e. The van der Waals surface area contributed by atoms with Gasteiger partial charge in [0.05, 0.1) is 19.8 Å². The summed E-state index contributed by atoms with van der Waals surface area (Å²) in [5.74, 6) is -2.92. The molecule has 0 spiro atoms. The minimum atomic E-state index is -1.76. The highest BCUT2D eigenvalue weighted by molar-refractivity contribution is 5.88. The average Bonchev–Trinajstić information content (AvgIpc) is 2.96. The number of hydrogen-bond donors (Lipinski definition) is 10. The number of phenols is 4. The van der Waals surface area contributed by atoms with Crippen LogP contribution in [0.25, 0.3) is 22.3 Å². The molecule has 234 valence electrons. The number of ether oxygens (including phenoxy) is 4. The van der Waals surface area contributed by atoms with E-state index in [9.17, 15) is 55.9 Å². The zero-order valence-corrected chi connectivity index (χ0v) is 22.1. The van der Waals surface area contributed by atoms with Crippen LogP contribution in [-0.2, 0) is 14.2 Å². The van der Waals surface area contributed by atoms with Gasteiger partial charge in [0.1, 0.15) is 65.2 Å². The number of fused-ring (bicyclic) bond motifs is 1. The highest BCUT2D eigenvalue weighted by atomic mass is 16.6. The van der Waals surface area contributed by atoms with Crippen molar-refractivity contribution in [3.8, 4) is 40.1 Å². The maximum Gasteiger partial charge on any atom is 0.239 e. The van der Waals surface area contributed by atoms with Crippen LogP contribution < -0.4 is 10.2 Å². The molecule has 0 amide bonds. The number of hydrogen-bond acceptors (Lipinski definition) is 16. The molecule has 10 N–H and O–H groups in total. The maximum atomic E-state index is 13.5. The second-order valence-corrected chi connectivity index (χ2v) is 10.2. The van der Waals surface area contributed by atoms with Gasteiger partial charge in [0.25, 0.3) is 0 Å². The number of aliphatic hydroxyl groups is 6. The molecule has 0 bridgehead atoms. The van der Waals surface area contributed by atoms with E-state index in [0.29, 0.717) is 0 Å². The van der Waals surface area contributed by atoms with Crippen molar-refractivity contribution >= 4 is 11.0 Å². The van der Waals surface area contributed by atoms with E-state index in [2.05, 4.69) is 0 Å². The van der Waals surface area contributed by atoms with Crippen molar-refractivity contribution in [3.63, 3.8) is 0 Å². The molecule has 0 radical (unpaired) electrons. The number of rotatable bonds is 7. The van der Waals surface area contributed by atoms with E-state index in [1.165, 1.54) is 6.07 Å². The first kappa shape index (κ1) is 30.7. The third-order valence-corrected chi connectivity index (χ3v) is 7.26. The van der Waals surface area contributed by atoms with Gasteiger partial charge in [0.15, 0.2) is 29.7 Å². The molecular weight excluding hydrogens is 580 g/mol. The lowest BCUT2D eigenvalue weighted by molar-refractivity contribution is -0.290. The maximum absolute atomic E-state index is 13.5. The zero-order chi connectivity index (χ0) is 31.2. The van der Waals surface area contributed by atoms with Gasteiger partial charge in [-0.15, -0.1) is 0 Å². The first-order valence-corrected chi connectivity index (χ1v) is 13.0. The average molecular weight is 611 g/mol. The topological polar surface area (TPSA) is 269 Å². The van der Waals surface area contributed by atoms with Crippen LogP contribution in [0.15, 0.2) is 39.5 Å². The van der Waals surface area contributed by atoms with Crippen molar-refractivity contribution in [1.29, 1.82) is 0 Å². The Bertz CT molecular complexity index is 1520. The molecule has 43 heavy (non-hydrogen) atoms. The fraction of sp³-hybridized carbons (Fsp3) is 0.444. The quantitative estimate of drug-likeness (QED) is 0.129. The van der Waals surface area contributed by atoms with Gasteiger partial charge in [-0.1, -0.05) is 0 Å². The molecule has 0 saturated carbocycles. The standard InChI is InChI=1S/C27H30O16/c28-10-4-13(31)18-14(5-10)41-25(9-1-2-11(29)12(30)3-9)26(22(18)35)42-17-8-40-15(19(32)20(17)33)6-39-7-16-21(34)23(36)24(37)27(38)43-16/h1-5,15-17,19-21,23-24,27-34,36-38H,6-8H2. The molecule has 3 heterocycles. The molecule has 9 unspecified atom stereocenters. The molecule has 5 rings (SSSR count). The van der Waals surface area contributed by atoms with Crippen LogP contribution in [0.3, 0.4) is 0 Å². The fourth-order valence-corrected chi connectivity index (χ4v) is 4.86. The number of benzene rings is 2. The predicted octanol–water partition coefficient (Wildman–Crippen LogP) is -2.03. The normalized spacial score (nSPS) is 31.3. The van der Waals surface area contributed by atoms with Crippen molar-refractivity contribution in [2.45, 2.75) is 55.1 Å². The smallest absolute Gasteiger partial charge is 0.239 e. The van der Waals surface area contributed by atoms with Gasteiger partial charge in [-0.3, -0.25) is 4.79 Å². The van der Waals surface area contributed by atoms with Crippen LogP contribution in [0.2, 0.25) is 0 Å². The van der Waals surface area contributed by atoms with Crippen molar-refractivity contribution in [1.82, 2.24) is 0 Å². The summed E-state index contributed by atoms with van der Waals surface area (Å²) >= 11 is 0. The van der Waals surface area contributed by atoms with Gasteiger partial charge < -0.3 is 74.4 Å². The van der Waals surface area contributed by atoms with Crippen LogP contribution in [-0.4, -0.2) is 126 Å². The second-order valence-electron chi connectivity index (χ2n) is 10.2. The van der Waals surface area contributed by atoms with E-state index >= 15 is 0 Å². The van der Waals surface area contributed by atoms with E-state index in [4.69, 9.17) is 23.4 Å². The lowest BCUT2D eigenvalue weighted by Crippen LogP contribution is -2.59. The van der Waals surface area contributed by atoms with E-state index in [0.717, 1.165) is 24.3 Å². The lowest BCUT2D eigenvalue weighted by Gasteiger charge is -2.39. The number of aromatic hydroxyl groups is 4. The molecule has 2 saturated heterocycles. The monoisotopic (exact) mass is 610 g/mol. The van der Waals surface area contributed by atoms with Crippen LogP contribution in [0.5, 0.6) is 28.7 Å². The van der Waals surface area contributed by atoms with E-state index in [1.807, 2.05) is 0 Å². The van der Waals surface area contributed by atoms with E-state index in [-0.39, 0.29) is 35.5 Å². The Morgan fingerprint density at radius 3 is 2.19 bits per heavy atom. The molecule has 16 heteroatoms. The van der Waals surface area contributed by atoms with Gasteiger partial charge >= 0.3 is 0 Å². The van der Waals surface area contributed by atoms with Crippen molar-refractivity contribution in [2.75, 3.05) is 19.8 Å². The molecule has 2 aliphatic heterocycles. The summed E-state index contributed by atoms with van der Waals surface area (Å²) in [6.07, 6.45) is -13.8. The Kier molecular flexibility index (Phi) is 8.66. The largest absolute Gasteiger partial charge is 0.508 e. The Hall–Kier alpha value is -3.71. The first-order chi connectivity index (χ1) is 20.4. The SMILES string of the molecule is O=c1c(OC2COC(COCC3OC(O)C(O)C(O)C3O)C(O)C2O)c(-c2ccc(O)c(O)c2)oc2cc(O)cc(O)c12. The van der Waals surface area contributed by atoms with Gasteiger partial charge in [-0.05, 0) is 18.2 Å². The summed E-state index contributed by atoms with van der Waals surface area (Å²) in [5, 5.41) is 100. The molecule has 2 aliphatic rings. The predicted molar refractivity (Wildman–Crippen MR) is 140 cm³/mol. The van der Waals surface area contributed by atoms with Crippen LogP contribution in [0, 0.1) is 0 Å². The molecule has 2 fully saturated rings. The highest BCUT2D eigenvalue weighted by Crippen LogP contribution is 2.39. The summed E-state index contributed by atoms with van der Waals surface area (Å²) < 4.78 is 27.5. The highest BCUT2D eigenvalue weighted by Gasteiger charge is 2.44. The van der Waals surface area contributed by atoms with Gasteiger partial charge in [0.2, 0.25) is 11.2 Å². The van der Waals surface area contributed by atoms with Crippen molar-refractivity contribution in [2.24, 2.45) is 0 Å². The first-order valence-electron chi connectivity index (χ1n) is 13.0. The molecule has 0 aliphatic carbocycles. The van der Waals surface area contributed by atoms with Gasteiger partial charge in [0, 0.05) is 17.7 Å². The minimum absolute atomic E-state index is 0.0417. The Morgan fingerprint density at radius 1 is 0.767 bits per heavy atom. The molecule has 2 aromatic carbocycles. The Morgan fingerprint density at radius 2 is 1.47 bits per heavy atom. The number of aliphatic hydroxyl groups excluding tert-OH is 6. The van der Waals surface area contributed by atoms with E-state index < -0.39 is 95.9 Å². The third-order valence-electron chi connectivity index (χ3n) is 7.26. The Labute approximate surface area is 241 Å². The third kappa shape index (κ3) is 5.92. The summed E-state index contributed by atoms with van der Waals surface area (Å²) in [6.45, 7) is -1.12. The van der Waals surface area contributed by atoms with Gasteiger partial charge in [-0.2, -0.15) is 0 Å². The Balaban J connectivity index is 1.34. The van der Waals surface area contributed by atoms with Crippen LogP contribution >= 0.6 is 0 Å². The van der Waals surface area contributed by atoms with Crippen LogP contribution in [0.1, 0.15) is 0 Å². The zero-order valence-electron chi connectivity index (χ0n) is 22.1. The number of phenolic OH excluding ortho intramolecular Hbond substituents is 4. The molecular formula is C27H30O16. The summed E-state index contributed by atoms with van der Waals surface area (Å²) in [4.78, 5) is 13.5. The summed E-state index contributed by atoms with van der Waals surface area (Å²) in [7, 11) is 0. The van der Waals surface area contributed by atoms with Gasteiger partial charge in [-0.25, -0.2) is 0 Å². The lowest BCUT2D eigenvalue weighted by atomic mass is 9.99. The fourth-order valence-electron chi connectivity index (χ4n) is 4.86. The summed E-state index contributed by atoms with van der Waals surface area (Å²) in [5.41, 5.74) is -1.12. The molecule has 9 atom stereocenters. The van der Waals surface area contributed by atoms with E-state index in [1.54, 1.807) is 0 Å². The summed E-state index contributed by atoms with van der Waals surface area (Å²) in [6, 6.07) is 5.44. The second kappa shape index (κ2) is 12.1. The van der Waals surface area contributed by atoms with Crippen LogP contribution in [0.4, 0.5) is 0 Å². The van der Waals surface area contributed by atoms with Crippen molar-refractivity contribution in [3.05, 3.63) is 40.6 Å². The molecule has 1 aromatic heterocycles. The molecule has 16 nitrogen and oxygen atoms in total. The van der Waals surface area contributed by atoms with Crippen molar-refractivity contribution < 1.29 is 74.4 Å².